The quantitative estimate of drug-likeness (QED) is 0.821. The highest BCUT2D eigenvalue weighted by molar-refractivity contribution is 6.31. The number of hydrogen-bond acceptors (Lipinski definition) is 2. The Labute approximate surface area is 148 Å². The molecule has 1 heterocycles. The highest BCUT2D eigenvalue weighted by atomic mass is 35.5. The summed E-state index contributed by atoms with van der Waals surface area (Å²) in [6, 6.07) is 9.16. The van der Waals surface area contributed by atoms with E-state index in [2.05, 4.69) is 0 Å². The van der Waals surface area contributed by atoms with Crippen molar-refractivity contribution in [2.45, 2.75) is 0 Å². The Hall–Kier alpha value is -2.47. The Morgan fingerprint density at radius 1 is 0.840 bits per heavy atom. The molecule has 0 atom stereocenters. The Kier molecular flexibility index (Phi) is 4.99. The molecule has 1 aliphatic rings. The molecule has 0 aromatic heterocycles. The van der Waals surface area contributed by atoms with Gasteiger partial charge in [-0.05, 0) is 42.5 Å². The molecule has 0 spiro atoms. The average Bonchev–Trinajstić information content (AvgIpc) is 2.63. The van der Waals surface area contributed by atoms with Gasteiger partial charge in [0.25, 0.3) is 11.8 Å². The van der Waals surface area contributed by atoms with Gasteiger partial charge in [-0.2, -0.15) is 0 Å². The Morgan fingerprint density at radius 3 is 2.00 bits per heavy atom. The van der Waals surface area contributed by atoms with Crippen LogP contribution < -0.4 is 0 Å². The van der Waals surface area contributed by atoms with E-state index in [4.69, 9.17) is 11.6 Å². The van der Waals surface area contributed by atoms with E-state index >= 15 is 0 Å². The summed E-state index contributed by atoms with van der Waals surface area (Å²) in [6.45, 7) is 1.23. The summed E-state index contributed by atoms with van der Waals surface area (Å²) in [7, 11) is 0. The fraction of sp³-hybridized carbons (Fsp3) is 0.222. The smallest absolute Gasteiger partial charge is 0.257 e. The lowest BCUT2D eigenvalue weighted by Crippen LogP contribution is -2.50. The van der Waals surface area contributed by atoms with Crippen LogP contribution in [0.5, 0.6) is 0 Å². The van der Waals surface area contributed by atoms with E-state index in [0.717, 1.165) is 6.07 Å². The van der Waals surface area contributed by atoms with E-state index in [0.29, 0.717) is 18.7 Å². The monoisotopic (exact) mass is 364 g/mol. The number of halogens is 3. The zero-order chi connectivity index (χ0) is 18.0. The lowest BCUT2D eigenvalue weighted by molar-refractivity contribution is 0.0533. The Morgan fingerprint density at radius 2 is 1.40 bits per heavy atom. The number of piperazine rings is 1. The minimum atomic E-state index is -0.626. The number of hydrogen-bond donors (Lipinski definition) is 0. The van der Waals surface area contributed by atoms with Crippen molar-refractivity contribution in [3.63, 3.8) is 0 Å². The Balaban J connectivity index is 1.65. The van der Waals surface area contributed by atoms with Crippen molar-refractivity contribution >= 4 is 23.4 Å². The fourth-order valence-electron chi connectivity index (χ4n) is 2.72. The molecule has 25 heavy (non-hydrogen) atoms. The van der Waals surface area contributed by atoms with Gasteiger partial charge in [0, 0.05) is 36.8 Å². The molecule has 7 heteroatoms. The van der Waals surface area contributed by atoms with Crippen molar-refractivity contribution < 1.29 is 18.4 Å². The van der Waals surface area contributed by atoms with Gasteiger partial charge in [-0.25, -0.2) is 8.78 Å². The lowest BCUT2D eigenvalue weighted by atomic mass is 10.1. The van der Waals surface area contributed by atoms with Gasteiger partial charge in [-0.1, -0.05) is 11.6 Å². The summed E-state index contributed by atoms with van der Waals surface area (Å²) in [5.74, 6) is -1.70. The predicted octanol–water partition coefficient (Wildman–Crippen LogP) is 3.22. The zero-order valence-corrected chi connectivity index (χ0v) is 14.0. The predicted molar refractivity (Wildman–Crippen MR) is 89.6 cm³/mol. The van der Waals surface area contributed by atoms with E-state index in [1.54, 1.807) is 4.90 Å². The second-order valence-corrected chi connectivity index (χ2v) is 6.15. The number of carbonyl (C=O) groups is 2. The molecule has 4 nitrogen and oxygen atoms in total. The van der Waals surface area contributed by atoms with Crippen molar-refractivity contribution in [3.8, 4) is 0 Å². The van der Waals surface area contributed by atoms with Crippen LogP contribution >= 0.6 is 11.6 Å². The average molecular weight is 365 g/mol. The third-order valence-corrected chi connectivity index (χ3v) is 4.34. The standard InChI is InChI=1S/C18H15ClF2N2O2/c19-13-3-6-16(21)15(11-13)18(25)23-9-7-22(8-10-23)17(24)12-1-4-14(20)5-2-12/h1-6,11H,7-10H2. The van der Waals surface area contributed by atoms with E-state index in [-0.39, 0.29) is 29.6 Å². The van der Waals surface area contributed by atoms with Crippen LogP contribution in [0, 0.1) is 11.6 Å². The van der Waals surface area contributed by atoms with Gasteiger partial charge in [-0.3, -0.25) is 9.59 Å². The van der Waals surface area contributed by atoms with Gasteiger partial charge in [0.15, 0.2) is 0 Å². The molecule has 2 aromatic carbocycles. The third kappa shape index (κ3) is 3.79. The molecular formula is C18H15ClF2N2O2. The van der Waals surface area contributed by atoms with Crippen LogP contribution in [0.4, 0.5) is 8.78 Å². The van der Waals surface area contributed by atoms with Crippen LogP contribution in [0.2, 0.25) is 5.02 Å². The highest BCUT2D eigenvalue weighted by Crippen LogP contribution is 2.18. The maximum atomic E-state index is 13.8. The second kappa shape index (κ2) is 7.19. The summed E-state index contributed by atoms with van der Waals surface area (Å²) in [4.78, 5) is 27.9. The van der Waals surface area contributed by atoms with E-state index in [1.807, 2.05) is 0 Å². The molecule has 2 amide bonds. The first-order valence-corrected chi connectivity index (χ1v) is 8.12. The van der Waals surface area contributed by atoms with Crippen molar-refractivity contribution in [1.82, 2.24) is 9.80 Å². The molecular weight excluding hydrogens is 350 g/mol. The van der Waals surface area contributed by atoms with Crippen molar-refractivity contribution in [2.24, 2.45) is 0 Å². The second-order valence-electron chi connectivity index (χ2n) is 5.72. The molecule has 0 saturated carbocycles. The van der Waals surface area contributed by atoms with Crippen molar-refractivity contribution in [1.29, 1.82) is 0 Å². The third-order valence-electron chi connectivity index (χ3n) is 4.10. The summed E-state index contributed by atoms with van der Waals surface area (Å²) >= 11 is 5.83. The molecule has 1 aliphatic heterocycles. The van der Waals surface area contributed by atoms with Crippen molar-refractivity contribution in [2.75, 3.05) is 26.2 Å². The van der Waals surface area contributed by atoms with Crippen molar-refractivity contribution in [3.05, 3.63) is 70.2 Å². The molecule has 130 valence electrons. The molecule has 3 rings (SSSR count). The maximum Gasteiger partial charge on any atom is 0.257 e. The van der Waals surface area contributed by atoms with Crippen LogP contribution in [0.15, 0.2) is 42.5 Å². The first kappa shape index (κ1) is 17.4. The van der Waals surface area contributed by atoms with Gasteiger partial charge in [0.05, 0.1) is 5.56 Å². The van der Waals surface area contributed by atoms with Gasteiger partial charge in [0.1, 0.15) is 11.6 Å². The zero-order valence-electron chi connectivity index (χ0n) is 13.2. The highest BCUT2D eigenvalue weighted by Gasteiger charge is 2.27. The van der Waals surface area contributed by atoms with Gasteiger partial charge >= 0.3 is 0 Å². The largest absolute Gasteiger partial charge is 0.335 e. The van der Waals surface area contributed by atoms with E-state index in [9.17, 15) is 18.4 Å². The first-order chi connectivity index (χ1) is 12.0. The van der Waals surface area contributed by atoms with Gasteiger partial charge in [0.2, 0.25) is 0 Å². The molecule has 0 bridgehead atoms. The number of nitrogens with zero attached hydrogens (tertiary/aromatic N) is 2. The number of benzene rings is 2. The van der Waals surface area contributed by atoms with Crippen LogP contribution in [0.3, 0.4) is 0 Å². The summed E-state index contributed by atoms with van der Waals surface area (Å²) in [6.07, 6.45) is 0. The molecule has 0 aliphatic carbocycles. The van der Waals surface area contributed by atoms with E-state index < -0.39 is 17.5 Å². The molecule has 0 N–H and O–H groups in total. The van der Waals surface area contributed by atoms with Gasteiger partial charge in [-0.15, -0.1) is 0 Å². The Bertz CT molecular complexity index is 803. The minimum absolute atomic E-state index is 0.0780. The maximum absolute atomic E-state index is 13.8. The number of amides is 2. The van der Waals surface area contributed by atoms with Crippen LogP contribution in [0.25, 0.3) is 0 Å². The summed E-state index contributed by atoms with van der Waals surface area (Å²) < 4.78 is 26.8. The molecule has 1 saturated heterocycles. The van der Waals surface area contributed by atoms with Crippen LogP contribution in [0.1, 0.15) is 20.7 Å². The SMILES string of the molecule is O=C(c1ccc(F)cc1)N1CCN(C(=O)c2cc(Cl)ccc2F)CC1. The summed E-state index contributed by atoms with van der Waals surface area (Å²) in [5, 5.41) is 0.287. The normalized spacial score (nSPS) is 14.5. The number of carbonyl (C=O) groups excluding carboxylic acids is 2. The topological polar surface area (TPSA) is 40.6 Å². The minimum Gasteiger partial charge on any atom is -0.335 e. The molecule has 1 fully saturated rings. The van der Waals surface area contributed by atoms with Crippen LogP contribution in [-0.4, -0.2) is 47.8 Å². The lowest BCUT2D eigenvalue weighted by Gasteiger charge is -2.35. The fourth-order valence-corrected chi connectivity index (χ4v) is 2.89. The van der Waals surface area contributed by atoms with E-state index in [1.165, 1.54) is 41.3 Å². The molecule has 0 unspecified atom stereocenters. The number of rotatable bonds is 2. The summed E-state index contributed by atoms with van der Waals surface area (Å²) in [5.41, 5.74) is 0.313. The molecule has 0 radical (unpaired) electrons. The van der Waals surface area contributed by atoms with Gasteiger partial charge < -0.3 is 9.80 Å². The molecule has 2 aromatic rings. The van der Waals surface area contributed by atoms with Crippen LogP contribution in [-0.2, 0) is 0 Å². The first-order valence-electron chi connectivity index (χ1n) is 7.75.